The smallest absolute Gasteiger partial charge is 0.0922 e. The Balaban J connectivity index is 1.56. The zero-order valence-electron chi connectivity index (χ0n) is 12.0. The lowest BCUT2D eigenvalue weighted by molar-refractivity contribution is 0.165. The highest BCUT2D eigenvalue weighted by atomic mass is 15.1. The largest absolute Gasteiger partial charge is 0.347 e. The van der Waals surface area contributed by atoms with Crippen molar-refractivity contribution in [3.63, 3.8) is 0 Å². The lowest BCUT2D eigenvalue weighted by Gasteiger charge is -2.32. The van der Waals surface area contributed by atoms with Crippen LogP contribution in [0.1, 0.15) is 29.8 Å². The summed E-state index contributed by atoms with van der Waals surface area (Å²) in [7, 11) is 0. The van der Waals surface area contributed by atoms with Crippen LogP contribution in [0.5, 0.6) is 0 Å². The van der Waals surface area contributed by atoms with E-state index in [0.29, 0.717) is 0 Å². The van der Waals surface area contributed by atoms with E-state index >= 15 is 0 Å². The molecule has 0 radical (unpaired) electrons. The summed E-state index contributed by atoms with van der Waals surface area (Å²) in [5, 5.41) is 0. The van der Waals surface area contributed by atoms with E-state index in [4.69, 9.17) is 0 Å². The normalized spacial score (nSPS) is 20.1. The average Bonchev–Trinajstić information content (AvgIpc) is 2.95. The van der Waals surface area contributed by atoms with Gasteiger partial charge in [-0.05, 0) is 50.3 Å². The van der Waals surface area contributed by atoms with E-state index in [2.05, 4.69) is 32.0 Å². The molecule has 1 aliphatic rings. The van der Waals surface area contributed by atoms with Gasteiger partial charge in [-0.1, -0.05) is 6.07 Å². The Bertz CT molecular complexity index is 518. The number of H-pyrrole nitrogens is 1. The molecule has 0 aliphatic carbocycles. The minimum atomic E-state index is 0.746. The van der Waals surface area contributed by atoms with Gasteiger partial charge in [-0.25, -0.2) is 4.98 Å². The second-order valence-corrected chi connectivity index (χ2v) is 5.83. The number of piperidine rings is 1. The number of imidazole rings is 1. The summed E-state index contributed by atoms with van der Waals surface area (Å²) < 4.78 is 0. The van der Waals surface area contributed by atoms with E-state index in [0.717, 1.165) is 24.6 Å². The molecule has 3 rings (SSSR count). The zero-order valence-corrected chi connectivity index (χ0v) is 12.0. The Kier molecular flexibility index (Phi) is 4.11. The average molecular weight is 270 g/mol. The zero-order chi connectivity index (χ0) is 13.8. The number of hydrogen-bond donors (Lipinski definition) is 1. The lowest BCUT2D eigenvalue weighted by atomic mass is 9.92. The van der Waals surface area contributed by atoms with Gasteiger partial charge >= 0.3 is 0 Å². The Hall–Kier alpha value is -1.68. The van der Waals surface area contributed by atoms with Gasteiger partial charge in [-0.15, -0.1) is 0 Å². The van der Waals surface area contributed by atoms with Gasteiger partial charge in [0.1, 0.15) is 0 Å². The molecule has 3 heterocycles. The highest BCUT2D eigenvalue weighted by Crippen LogP contribution is 2.21. The van der Waals surface area contributed by atoms with Crippen molar-refractivity contribution in [1.82, 2.24) is 19.9 Å². The molecule has 0 bridgehead atoms. The van der Waals surface area contributed by atoms with Crippen LogP contribution in [0.15, 0.2) is 30.9 Å². The van der Waals surface area contributed by atoms with Crippen LogP contribution < -0.4 is 0 Å². The Morgan fingerprint density at radius 1 is 1.35 bits per heavy atom. The molecule has 0 spiro atoms. The molecule has 2 aromatic heterocycles. The number of hydrogen-bond acceptors (Lipinski definition) is 3. The molecule has 1 aliphatic heterocycles. The molecular weight excluding hydrogens is 248 g/mol. The summed E-state index contributed by atoms with van der Waals surface area (Å²) in [6, 6.07) is 4.33. The van der Waals surface area contributed by atoms with Crippen molar-refractivity contribution < 1.29 is 0 Å². The molecule has 4 nitrogen and oxygen atoms in total. The third-order valence-electron chi connectivity index (χ3n) is 4.05. The number of pyridine rings is 1. The fraction of sp³-hybridized carbons (Fsp3) is 0.500. The summed E-state index contributed by atoms with van der Waals surface area (Å²) in [6.45, 7) is 5.40. The maximum atomic E-state index is 4.40. The number of rotatable bonds is 4. The van der Waals surface area contributed by atoms with Crippen molar-refractivity contribution in [2.75, 3.05) is 13.1 Å². The van der Waals surface area contributed by atoms with Crippen LogP contribution in [0.3, 0.4) is 0 Å². The summed E-state index contributed by atoms with van der Waals surface area (Å²) in [4.78, 5) is 14.2. The summed E-state index contributed by atoms with van der Waals surface area (Å²) >= 11 is 0. The van der Waals surface area contributed by atoms with Gasteiger partial charge in [0.15, 0.2) is 0 Å². The standard InChI is InChI=1S/C16H22N4/c1-13-4-5-14(8-18-13)7-15-3-2-6-20(10-15)11-16-9-17-12-19-16/h4-5,8-9,12,15H,2-3,6-7,10-11H2,1H3,(H,17,19)/t15-/m1/s1. The lowest BCUT2D eigenvalue weighted by Crippen LogP contribution is -2.35. The first-order valence-corrected chi connectivity index (χ1v) is 7.41. The van der Waals surface area contributed by atoms with Gasteiger partial charge in [0.2, 0.25) is 0 Å². The third kappa shape index (κ3) is 3.45. The number of nitrogens with one attached hydrogen (secondary N) is 1. The molecule has 0 saturated carbocycles. The second kappa shape index (κ2) is 6.18. The van der Waals surface area contributed by atoms with Gasteiger partial charge in [0.05, 0.1) is 6.33 Å². The van der Waals surface area contributed by atoms with Crippen LogP contribution in [0, 0.1) is 12.8 Å². The maximum Gasteiger partial charge on any atom is 0.0922 e. The summed E-state index contributed by atoms with van der Waals surface area (Å²) in [5.74, 6) is 0.746. The molecule has 1 N–H and O–H groups in total. The highest BCUT2D eigenvalue weighted by molar-refractivity contribution is 5.14. The van der Waals surface area contributed by atoms with E-state index in [1.807, 2.05) is 19.3 Å². The molecule has 0 amide bonds. The molecule has 4 heteroatoms. The molecule has 1 saturated heterocycles. The number of aryl methyl sites for hydroxylation is 1. The van der Waals surface area contributed by atoms with E-state index in [-0.39, 0.29) is 0 Å². The first kappa shape index (κ1) is 13.3. The summed E-state index contributed by atoms with van der Waals surface area (Å²) in [6.07, 6.45) is 9.48. The SMILES string of the molecule is Cc1ccc(C[C@H]2CCCN(Cc3cnc[nH]3)C2)cn1. The Labute approximate surface area is 120 Å². The van der Waals surface area contributed by atoms with Crippen molar-refractivity contribution in [3.05, 3.63) is 47.8 Å². The van der Waals surface area contributed by atoms with E-state index < -0.39 is 0 Å². The topological polar surface area (TPSA) is 44.8 Å². The molecule has 1 fully saturated rings. The molecular formula is C16H22N4. The monoisotopic (exact) mass is 270 g/mol. The molecule has 1 atom stereocenters. The minimum Gasteiger partial charge on any atom is -0.347 e. The van der Waals surface area contributed by atoms with Crippen molar-refractivity contribution >= 4 is 0 Å². The molecule has 0 aromatic carbocycles. The molecule has 0 unspecified atom stereocenters. The Morgan fingerprint density at radius 2 is 2.30 bits per heavy atom. The van der Waals surface area contributed by atoms with Gasteiger partial charge in [-0.3, -0.25) is 9.88 Å². The molecule has 106 valence electrons. The number of nitrogens with zero attached hydrogens (tertiary/aromatic N) is 3. The second-order valence-electron chi connectivity index (χ2n) is 5.83. The van der Waals surface area contributed by atoms with E-state index in [1.165, 1.54) is 37.2 Å². The van der Waals surface area contributed by atoms with Crippen LogP contribution in [-0.4, -0.2) is 32.9 Å². The number of aromatic amines is 1. The minimum absolute atomic E-state index is 0.746. The quantitative estimate of drug-likeness (QED) is 0.928. The van der Waals surface area contributed by atoms with Crippen LogP contribution in [-0.2, 0) is 13.0 Å². The van der Waals surface area contributed by atoms with Gasteiger partial charge < -0.3 is 4.98 Å². The van der Waals surface area contributed by atoms with Crippen molar-refractivity contribution in [2.45, 2.75) is 32.7 Å². The van der Waals surface area contributed by atoms with Gasteiger partial charge in [0.25, 0.3) is 0 Å². The molecule has 2 aromatic rings. The van der Waals surface area contributed by atoms with Crippen LogP contribution in [0.25, 0.3) is 0 Å². The van der Waals surface area contributed by atoms with Crippen molar-refractivity contribution in [1.29, 1.82) is 0 Å². The Morgan fingerprint density at radius 3 is 3.05 bits per heavy atom. The highest BCUT2D eigenvalue weighted by Gasteiger charge is 2.20. The van der Waals surface area contributed by atoms with E-state index in [9.17, 15) is 0 Å². The first-order valence-electron chi connectivity index (χ1n) is 7.41. The number of aromatic nitrogens is 3. The third-order valence-corrected chi connectivity index (χ3v) is 4.05. The maximum absolute atomic E-state index is 4.40. The fourth-order valence-corrected chi connectivity index (χ4v) is 3.03. The van der Waals surface area contributed by atoms with Crippen molar-refractivity contribution in [3.8, 4) is 0 Å². The van der Waals surface area contributed by atoms with Crippen LogP contribution in [0.4, 0.5) is 0 Å². The van der Waals surface area contributed by atoms with Crippen LogP contribution in [0.2, 0.25) is 0 Å². The predicted octanol–water partition coefficient (Wildman–Crippen LogP) is 2.57. The number of likely N-dealkylation sites (tertiary alicyclic amines) is 1. The van der Waals surface area contributed by atoms with Crippen LogP contribution >= 0.6 is 0 Å². The van der Waals surface area contributed by atoms with Gasteiger partial charge in [-0.2, -0.15) is 0 Å². The fourth-order valence-electron chi connectivity index (χ4n) is 3.03. The summed E-state index contributed by atoms with van der Waals surface area (Å²) in [5.41, 5.74) is 3.67. The van der Waals surface area contributed by atoms with Gasteiger partial charge in [0, 0.05) is 36.9 Å². The van der Waals surface area contributed by atoms with Crippen molar-refractivity contribution in [2.24, 2.45) is 5.92 Å². The van der Waals surface area contributed by atoms with E-state index in [1.54, 1.807) is 6.33 Å². The molecule has 20 heavy (non-hydrogen) atoms. The first-order chi connectivity index (χ1) is 9.79. The predicted molar refractivity (Wildman–Crippen MR) is 79.3 cm³/mol.